The molecule has 1 saturated heterocycles. The summed E-state index contributed by atoms with van der Waals surface area (Å²) in [6, 6.07) is 12.3. The average Bonchev–Trinajstić information content (AvgIpc) is 3.31. The zero-order valence-corrected chi connectivity index (χ0v) is 23.4. The molecular formula is C28H27ClN4O5S. The van der Waals surface area contributed by atoms with Crippen molar-refractivity contribution < 1.29 is 22.7 Å². The van der Waals surface area contributed by atoms with Crippen LogP contribution in [0.5, 0.6) is 0 Å². The molecule has 6 rings (SSSR count). The summed E-state index contributed by atoms with van der Waals surface area (Å²) in [5.74, 6) is 0.697. The molecule has 9 nitrogen and oxygen atoms in total. The van der Waals surface area contributed by atoms with Crippen LogP contribution in [0.15, 0.2) is 81.6 Å². The molecule has 202 valence electrons. The van der Waals surface area contributed by atoms with Gasteiger partial charge in [0.1, 0.15) is 29.6 Å². The molecule has 4 atom stereocenters. The molecule has 3 heterocycles. The molecule has 0 bridgehead atoms. The third-order valence-corrected chi connectivity index (χ3v) is 9.34. The molecule has 1 fully saturated rings. The molecule has 1 N–H and O–H groups in total. The Balaban J connectivity index is 1.59. The summed E-state index contributed by atoms with van der Waals surface area (Å²) >= 11 is 6.20. The van der Waals surface area contributed by atoms with Crippen LogP contribution < -0.4 is 5.32 Å². The summed E-state index contributed by atoms with van der Waals surface area (Å²) in [5.41, 5.74) is 1.92. The first-order chi connectivity index (χ1) is 18.4. The minimum Gasteiger partial charge on any atom is -0.500 e. The molecular weight excluding hydrogens is 540 g/mol. The molecule has 1 aliphatic carbocycles. The first-order valence-corrected chi connectivity index (χ1v) is 14.8. The lowest BCUT2D eigenvalue weighted by molar-refractivity contribution is -0.122. The molecule has 2 aromatic rings. The number of amidine groups is 1. The Bertz CT molecular complexity index is 1610. The smallest absolute Gasteiger partial charge is 0.330 e. The van der Waals surface area contributed by atoms with Crippen LogP contribution in [0.3, 0.4) is 0 Å². The van der Waals surface area contributed by atoms with E-state index in [0.29, 0.717) is 28.0 Å². The number of benzene rings is 2. The van der Waals surface area contributed by atoms with E-state index in [9.17, 15) is 18.0 Å². The van der Waals surface area contributed by atoms with Gasteiger partial charge in [0.2, 0.25) is 5.91 Å². The molecule has 0 saturated carbocycles. The van der Waals surface area contributed by atoms with Crippen molar-refractivity contribution in [2.24, 2.45) is 16.3 Å². The van der Waals surface area contributed by atoms with E-state index in [2.05, 4.69) is 5.32 Å². The Kier molecular flexibility index (Phi) is 5.71. The number of allylic oxidation sites excluding steroid dienone is 1. The van der Waals surface area contributed by atoms with Gasteiger partial charge in [-0.3, -0.25) is 19.6 Å². The number of methoxy groups -OCH3 is 1. The summed E-state index contributed by atoms with van der Waals surface area (Å²) in [4.78, 5) is 35.6. The second kappa shape index (κ2) is 8.69. The molecule has 0 radical (unpaired) electrons. The quantitative estimate of drug-likeness (QED) is 0.596. The minimum absolute atomic E-state index is 0.123. The van der Waals surface area contributed by atoms with Gasteiger partial charge in [0.15, 0.2) is 9.84 Å². The lowest BCUT2D eigenvalue weighted by Gasteiger charge is -2.52. The van der Waals surface area contributed by atoms with Gasteiger partial charge >= 0.3 is 6.03 Å². The Morgan fingerprint density at radius 3 is 2.33 bits per heavy atom. The normalized spacial score (nSPS) is 28.0. The van der Waals surface area contributed by atoms with E-state index in [1.165, 1.54) is 4.90 Å². The van der Waals surface area contributed by atoms with Gasteiger partial charge in [-0.15, -0.1) is 0 Å². The monoisotopic (exact) mass is 566 g/mol. The third kappa shape index (κ3) is 3.72. The molecule has 4 unspecified atom stereocenters. The van der Waals surface area contributed by atoms with Gasteiger partial charge in [0.25, 0.3) is 0 Å². The molecule has 3 aliphatic heterocycles. The maximum absolute atomic E-state index is 14.3. The molecule has 3 amide bonds. The maximum atomic E-state index is 14.3. The standard InChI is InChI=1S/C28H27ClN4O5S/c1-15-13-20(38-3)28(2)25-22(15)30-21(34)14-32(25)27(35)33-24(17-5-9-18(29)10-6-17)23(31-26(28)33)16-7-11-19(12-8-16)39(4,36)37/h5-13,15,23-24H,14H2,1-4H3,(H,30,34). The van der Waals surface area contributed by atoms with Gasteiger partial charge in [-0.25, -0.2) is 13.2 Å². The highest BCUT2D eigenvalue weighted by molar-refractivity contribution is 7.90. The number of hydrogen-bond donors (Lipinski definition) is 1. The second-order valence-corrected chi connectivity index (χ2v) is 12.9. The number of aliphatic imine (C=N–C) groups is 1. The molecule has 0 spiro atoms. The number of sulfone groups is 1. The van der Waals surface area contributed by atoms with E-state index in [1.54, 1.807) is 48.4 Å². The number of nitrogens with zero attached hydrogens (tertiary/aromatic N) is 3. The molecule has 0 aromatic heterocycles. The minimum atomic E-state index is -3.39. The van der Waals surface area contributed by atoms with Crippen LogP contribution in [0.2, 0.25) is 5.02 Å². The van der Waals surface area contributed by atoms with Crippen molar-refractivity contribution in [2.75, 3.05) is 19.9 Å². The van der Waals surface area contributed by atoms with E-state index in [4.69, 9.17) is 21.3 Å². The van der Waals surface area contributed by atoms with E-state index in [1.807, 2.05) is 32.1 Å². The highest BCUT2D eigenvalue weighted by atomic mass is 35.5. The Morgan fingerprint density at radius 1 is 1.08 bits per heavy atom. The Labute approximate surface area is 231 Å². The van der Waals surface area contributed by atoms with Crippen LogP contribution in [-0.2, 0) is 19.4 Å². The van der Waals surface area contributed by atoms with Crippen molar-refractivity contribution in [3.63, 3.8) is 0 Å². The first kappa shape index (κ1) is 25.6. The number of urea groups is 1. The van der Waals surface area contributed by atoms with Crippen LogP contribution in [0, 0.1) is 11.3 Å². The first-order valence-electron chi connectivity index (χ1n) is 12.5. The van der Waals surface area contributed by atoms with Crippen molar-refractivity contribution in [3.05, 3.63) is 87.9 Å². The van der Waals surface area contributed by atoms with E-state index in [-0.39, 0.29) is 29.3 Å². The van der Waals surface area contributed by atoms with Crippen molar-refractivity contribution in [3.8, 4) is 0 Å². The highest BCUT2D eigenvalue weighted by Gasteiger charge is 2.61. The van der Waals surface area contributed by atoms with Gasteiger partial charge in [0.05, 0.1) is 23.7 Å². The topological polar surface area (TPSA) is 108 Å². The van der Waals surface area contributed by atoms with Crippen LogP contribution in [0.1, 0.15) is 37.1 Å². The van der Waals surface area contributed by atoms with Gasteiger partial charge in [-0.2, -0.15) is 0 Å². The van der Waals surface area contributed by atoms with Crippen molar-refractivity contribution >= 4 is 39.2 Å². The van der Waals surface area contributed by atoms with Gasteiger partial charge in [-0.05, 0) is 48.4 Å². The number of hydrogen-bond acceptors (Lipinski definition) is 6. The highest BCUT2D eigenvalue weighted by Crippen LogP contribution is 2.56. The number of halogens is 1. The predicted octanol–water partition coefficient (Wildman–Crippen LogP) is 4.20. The van der Waals surface area contributed by atoms with Crippen LogP contribution in [0.4, 0.5) is 4.79 Å². The van der Waals surface area contributed by atoms with Crippen molar-refractivity contribution in [1.29, 1.82) is 0 Å². The second-order valence-electron chi connectivity index (χ2n) is 10.4. The third-order valence-electron chi connectivity index (χ3n) is 7.96. The number of carbonyl (C=O) groups is 2. The number of amides is 3. The number of carbonyl (C=O) groups excluding carboxylic acids is 2. The van der Waals surface area contributed by atoms with Crippen LogP contribution >= 0.6 is 11.6 Å². The largest absolute Gasteiger partial charge is 0.500 e. The zero-order valence-electron chi connectivity index (χ0n) is 21.8. The fraction of sp³-hybridized carbons (Fsp3) is 0.321. The molecule has 4 aliphatic rings. The predicted molar refractivity (Wildman–Crippen MR) is 145 cm³/mol. The van der Waals surface area contributed by atoms with E-state index in [0.717, 1.165) is 17.4 Å². The molecule has 11 heteroatoms. The summed E-state index contributed by atoms with van der Waals surface area (Å²) in [5, 5.41) is 3.53. The SMILES string of the molecule is COC1=CC(C)C2=C3N(CC(=O)N2)C(=O)N2C(=NC(c4ccc(S(C)(=O)=O)cc4)C2c2ccc(Cl)cc2)C13C. The van der Waals surface area contributed by atoms with Gasteiger partial charge in [-0.1, -0.05) is 42.8 Å². The van der Waals surface area contributed by atoms with Crippen molar-refractivity contribution in [1.82, 2.24) is 15.1 Å². The van der Waals surface area contributed by atoms with Crippen molar-refractivity contribution in [2.45, 2.75) is 30.8 Å². The number of fused-ring (bicyclic) bond motifs is 2. The molecule has 39 heavy (non-hydrogen) atoms. The van der Waals surface area contributed by atoms with E-state index >= 15 is 0 Å². The van der Waals surface area contributed by atoms with Gasteiger partial charge < -0.3 is 10.1 Å². The Hall–Kier alpha value is -3.63. The molecule has 2 aromatic carbocycles. The summed E-state index contributed by atoms with van der Waals surface area (Å²) in [7, 11) is -1.80. The number of nitrogens with one attached hydrogen (secondary N) is 1. The van der Waals surface area contributed by atoms with Crippen LogP contribution in [0.25, 0.3) is 0 Å². The number of ether oxygens (including phenoxy) is 1. The maximum Gasteiger partial charge on any atom is 0.330 e. The fourth-order valence-corrected chi connectivity index (χ4v) is 6.89. The zero-order chi connectivity index (χ0) is 27.9. The Morgan fingerprint density at radius 2 is 1.72 bits per heavy atom. The lowest BCUT2D eigenvalue weighted by Crippen LogP contribution is -2.64. The number of rotatable bonds is 4. The fourth-order valence-electron chi connectivity index (χ4n) is 6.14. The summed E-state index contributed by atoms with van der Waals surface area (Å²) < 4.78 is 30.1. The van der Waals surface area contributed by atoms with E-state index < -0.39 is 27.3 Å². The average molecular weight is 567 g/mol. The summed E-state index contributed by atoms with van der Waals surface area (Å²) in [6.45, 7) is 3.78. The lowest BCUT2D eigenvalue weighted by atomic mass is 9.72. The summed E-state index contributed by atoms with van der Waals surface area (Å²) in [6.07, 6.45) is 3.11. The van der Waals surface area contributed by atoms with Gasteiger partial charge in [0, 0.05) is 22.9 Å². The van der Waals surface area contributed by atoms with Crippen LogP contribution in [-0.4, -0.2) is 55.9 Å².